The van der Waals surface area contributed by atoms with E-state index in [4.69, 9.17) is 0 Å². The van der Waals surface area contributed by atoms with Gasteiger partial charge in [0.25, 0.3) is 0 Å². The lowest BCUT2D eigenvalue weighted by molar-refractivity contribution is 0.911. The molecule has 0 saturated heterocycles. The van der Waals surface area contributed by atoms with Gasteiger partial charge in [0.15, 0.2) is 0 Å². The molecule has 2 rings (SSSR count). The van der Waals surface area contributed by atoms with Crippen molar-refractivity contribution in [2.24, 2.45) is 0 Å². The Balaban J connectivity index is 2.40. The molecule has 0 aromatic carbocycles. The average molecular weight is 227 g/mol. The fourth-order valence-electron chi connectivity index (χ4n) is 1.31. The highest BCUT2D eigenvalue weighted by molar-refractivity contribution is 9.10. The second-order valence-corrected chi connectivity index (χ2v) is 3.94. The number of hydrogen-bond donors (Lipinski definition) is 0. The summed E-state index contributed by atoms with van der Waals surface area (Å²) in [5, 5.41) is 0. The van der Waals surface area contributed by atoms with Crippen LogP contribution in [-0.2, 0) is 6.42 Å². The molecule has 3 heteroatoms. The molecule has 0 aliphatic heterocycles. The van der Waals surface area contributed by atoms with Crippen molar-refractivity contribution in [3.63, 3.8) is 0 Å². The van der Waals surface area contributed by atoms with Crippen molar-refractivity contribution in [1.82, 2.24) is 9.97 Å². The van der Waals surface area contributed by atoms with Gasteiger partial charge in [-0.3, -0.25) is 0 Å². The molecule has 1 aromatic rings. The molecule has 1 fully saturated rings. The van der Waals surface area contributed by atoms with Crippen molar-refractivity contribution in [2.45, 2.75) is 32.1 Å². The standard InChI is InChI=1S/C9H11BrN2/c1-2-7-8(10)9(6-3-4-6)12-5-11-7/h5-6H,2-4H2,1H3. The lowest BCUT2D eigenvalue weighted by Crippen LogP contribution is -1.96. The van der Waals surface area contributed by atoms with Crippen LogP contribution in [-0.4, -0.2) is 9.97 Å². The molecule has 0 radical (unpaired) electrons. The van der Waals surface area contributed by atoms with Crippen molar-refractivity contribution in [1.29, 1.82) is 0 Å². The van der Waals surface area contributed by atoms with E-state index in [-0.39, 0.29) is 0 Å². The first-order valence-corrected chi connectivity index (χ1v) is 5.11. The van der Waals surface area contributed by atoms with Crippen molar-refractivity contribution in [3.05, 3.63) is 22.2 Å². The fraction of sp³-hybridized carbons (Fsp3) is 0.556. The van der Waals surface area contributed by atoms with Crippen molar-refractivity contribution < 1.29 is 0 Å². The van der Waals surface area contributed by atoms with Gasteiger partial charge in [0.2, 0.25) is 0 Å². The van der Waals surface area contributed by atoms with Gasteiger partial charge in [-0.25, -0.2) is 9.97 Å². The second-order valence-electron chi connectivity index (χ2n) is 3.15. The number of hydrogen-bond acceptors (Lipinski definition) is 2. The molecule has 1 aliphatic rings. The molecule has 2 nitrogen and oxygen atoms in total. The van der Waals surface area contributed by atoms with Gasteiger partial charge in [-0.2, -0.15) is 0 Å². The molecule has 1 aliphatic carbocycles. The predicted octanol–water partition coefficient (Wildman–Crippen LogP) is 2.68. The molecule has 12 heavy (non-hydrogen) atoms. The maximum absolute atomic E-state index is 4.29. The Labute approximate surface area is 80.6 Å². The third kappa shape index (κ3) is 1.38. The number of rotatable bonds is 2. The first-order chi connectivity index (χ1) is 5.83. The van der Waals surface area contributed by atoms with E-state index in [1.54, 1.807) is 6.33 Å². The zero-order chi connectivity index (χ0) is 8.55. The van der Waals surface area contributed by atoms with E-state index >= 15 is 0 Å². The Morgan fingerprint density at radius 1 is 1.50 bits per heavy atom. The van der Waals surface area contributed by atoms with Crippen LogP contribution in [0.1, 0.15) is 37.1 Å². The SMILES string of the molecule is CCc1ncnc(C2CC2)c1Br. The minimum atomic E-state index is 0.702. The Morgan fingerprint density at radius 3 is 2.83 bits per heavy atom. The highest BCUT2D eigenvalue weighted by atomic mass is 79.9. The molecule has 0 spiro atoms. The topological polar surface area (TPSA) is 25.8 Å². The van der Waals surface area contributed by atoms with E-state index in [1.165, 1.54) is 18.5 Å². The molecule has 0 bridgehead atoms. The maximum atomic E-state index is 4.29. The van der Waals surface area contributed by atoms with Gasteiger partial charge in [0, 0.05) is 5.92 Å². The van der Waals surface area contributed by atoms with Gasteiger partial charge < -0.3 is 0 Å². The first kappa shape index (κ1) is 8.17. The second kappa shape index (κ2) is 3.13. The molecule has 64 valence electrons. The van der Waals surface area contributed by atoms with Gasteiger partial charge in [-0.05, 0) is 35.2 Å². The lowest BCUT2D eigenvalue weighted by atomic mass is 10.2. The molecule has 1 saturated carbocycles. The summed E-state index contributed by atoms with van der Waals surface area (Å²) in [7, 11) is 0. The summed E-state index contributed by atoms with van der Waals surface area (Å²) in [5.41, 5.74) is 2.34. The van der Waals surface area contributed by atoms with E-state index in [1.807, 2.05) is 0 Å². The number of aryl methyl sites for hydroxylation is 1. The van der Waals surface area contributed by atoms with Crippen molar-refractivity contribution >= 4 is 15.9 Å². The normalized spacial score (nSPS) is 16.5. The molecular formula is C9H11BrN2. The van der Waals surface area contributed by atoms with E-state index in [0.717, 1.165) is 16.6 Å². The molecule has 0 unspecified atom stereocenters. The zero-order valence-corrected chi connectivity index (χ0v) is 8.63. The average Bonchev–Trinajstić information content (AvgIpc) is 2.88. The zero-order valence-electron chi connectivity index (χ0n) is 7.05. The van der Waals surface area contributed by atoms with Crippen LogP contribution in [0.15, 0.2) is 10.8 Å². The number of halogens is 1. The van der Waals surface area contributed by atoms with Gasteiger partial charge in [0.05, 0.1) is 15.9 Å². The third-order valence-corrected chi connectivity index (χ3v) is 3.05. The molecule has 0 amide bonds. The summed E-state index contributed by atoms with van der Waals surface area (Å²) in [6, 6.07) is 0. The van der Waals surface area contributed by atoms with Crippen LogP contribution in [0.25, 0.3) is 0 Å². The Bertz CT molecular complexity index is 295. The van der Waals surface area contributed by atoms with Crippen molar-refractivity contribution in [2.75, 3.05) is 0 Å². The predicted molar refractivity (Wildman–Crippen MR) is 51.1 cm³/mol. The number of nitrogens with zero attached hydrogens (tertiary/aromatic N) is 2. The lowest BCUT2D eigenvalue weighted by Gasteiger charge is -2.04. The summed E-state index contributed by atoms with van der Waals surface area (Å²) in [6.07, 6.45) is 5.23. The summed E-state index contributed by atoms with van der Waals surface area (Å²) in [6.45, 7) is 2.11. The smallest absolute Gasteiger partial charge is 0.116 e. The molecule has 0 N–H and O–H groups in total. The van der Waals surface area contributed by atoms with Crippen LogP contribution in [0.3, 0.4) is 0 Å². The van der Waals surface area contributed by atoms with Crippen LogP contribution >= 0.6 is 15.9 Å². The van der Waals surface area contributed by atoms with Gasteiger partial charge in [0.1, 0.15) is 6.33 Å². The highest BCUT2D eigenvalue weighted by Crippen LogP contribution is 2.42. The fourth-order valence-corrected chi connectivity index (χ4v) is 2.12. The summed E-state index contributed by atoms with van der Waals surface area (Å²) < 4.78 is 1.13. The number of aromatic nitrogens is 2. The largest absolute Gasteiger partial charge is 0.240 e. The summed E-state index contributed by atoms with van der Waals surface area (Å²) in [4.78, 5) is 8.50. The van der Waals surface area contributed by atoms with E-state index in [0.29, 0.717) is 5.92 Å². The first-order valence-electron chi connectivity index (χ1n) is 4.32. The van der Waals surface area contributed by atoms with Crippen molar-refractivity contribution in [3.8, 4) is 0 Å². The van der Waals surface area contributed by atoms with Crippen LogP contribution in [0.2, 0.25) is 0 Å². The summed E-state index contributed by atoms with van der Waals surface area (Å²) >= 11 is 3.56. The Morgan fingerprint density at radius 2 is 2.25 bits per heavy atom. The van der Waals surface area contributed by atoms with Gasteiger partial charge in [-0.15, -0.1) is 0 Å². The summed E-state index contributed by atoms with van der Waals surface area (Å²) in [5.74, 6) is 0.702. The molecule has 0 atom stereocenters. The van der Waals surface area contributed by atoms with Gasteiger partial charge >= 0.3 is 0 Å². The van der Waals surface area contributed by atoms with E-state index < -0.39 is 0 Å². The third-order valence-electron chi connectivity index (χ3n) is 2.19. The van der Waals surface area contributed by atoms with Gasteiger partial charge in [-0.1, -0.05) is 6.92 Å². The maximum Gasteiger partial charge on any atom is 0.116 e. The van der Waals surface area contributed by atoms with Crippen LogP contribution < -0.4 is 0 Å². The van der Waals surface area contributed by atoms with E-state index in [9.17, 15) is 0 Å². The molecule has 1 heterocycles. The van der Waals surface area contributed by atoms with Crippen LogP contribution in [0.4, 0.5) is 0 Å². The monoisotopic (exact) mass is 226 g/mol. The quantitative estimate of drug-likeness (QED) is 0.776. The highest BCUT2D eigenvalue weighted by Gasteiger charge is 2.27. The van der Waals surface area contributed by atoms with E-state index in [2.05, 4.69) is 32.8 Å². The molecule has 1 aromatic heterocycles. The minimum absolute atomic E-state index is 0.702. The Hall–Kier alpha value is -0.440. The molecular weight excluding hydrogens is 216 g/mol. The van der Waals surface area contributed by atoms with Crippen LogP contribution in [0.5, 0.6) is 0 Å². The minimum Gasteiger partial charge on any atom is -0.240 e. The Kier molecular flexibility index (Phi) is 2.13. The van der Waals surface area contributed by atoms with Crippen LogP contribution in [0, 0.1) is 0 Å².